The Kier molecular flexibility index (Phi) is 5.64. The molecule has 62 valence electrons. The minimum atomic E-state index is 0.276. The third-order valence-corrected chi connectivity index (χ3v) is 1.63. The van der Waals surface area contributed by atoms with Gasteiger partial charge in [-0.15, -0.1) is 0 Å². The Labute approximate surface area is 63.8 Å². The first-order valence-electron chi connectivity index (χ1n) is 4.07. The zero-order chi connectivity index (χ0) is 7.98. The summed E-state index contributed by atoms with van der Waals surface area (Å²) in [4.78, 5) is 2.28. The largest absolute Gasteiger partial charge is 0.395 e. The fraction of sp³-hybridized carbons (Fsp3) is 1.00. The molecule has 0 atom stereocenters. The first-order valence-corrected chi connectivity index (χ1v) is 4.07. The van der Waals surface area contributed by atoms with Gasteiger partial charge in [0.1, 0.15) is 0 Å². The predicted molar refractivity (Wildman–Crippen MR) is 44.1 cm³/mol. The van der Waals surface area contributed by atoms with Gasteiger partial charge in [-0.2, -0.15) is 0 Å². The van der Waals surface area contributed by atoms with Crippen LogP contribution in [0.25, 0.3) is 0 Å². The van der Waals surface area contributed by atoms with Gasteiger partial charge < -0.3 is 5.11 Å². The molecule has 0 aromatic carbocycles. The van der Waals surface area contributed by atoms with E-state index in [1.54, 1.807) is 0 Å². The second-order valence-corrected chi connectivity index (χ2v) is 2.85. The van der Waals surface area contributed by atoms with Crippen LogP contribution in [0.2, 0.25) is 0 Å². The van der Waals surface area contributed by atoms with E-state index in [9.17, 15) is 0 Å². The third-order valence-electron chi connectivity index (χ3n) is 1.63. The first-order chi connectivity index (χ1) is 4.72. The van der Waals surface area contributed by atoms with Crippen LogP contribution in [0, 0.1) is 0 Å². The van der Waals surface area contributed by atoms with E-state index in [2.05, 4.69) is 25.7 Å². The maximum atomic E-state index is 8.67. The van der Waals surface area contributed by atoms with E-state index >= 15 is 0 Å². The number of hydrogen-bond acceptors (Lipinski definition) is 2. The predicted octanol–water partition coefficient (Wildman–Crippen LogP) is 1.10. The lowest BCUT2D eigenvalue weighted by Gasteiger charge is -2.24. The number of aliphatic hydroxyl groups is 1. The lowest BCUT2D eigenvalue weighted by Crippen LogP contribution is -2.33. The summed E-state index contributed by atoms with van der Waals surface area (Å²) in [7, 11) is 0. The van der Waals surface area contributed by atoms with Gasteiger partial charge in [0, 0.05) is 12.6 Å². The average molecular weight is 145 g/mol. The van der Waals surface area contributed by atoms with Gasteiger partial charge in [-0.1, -0.05) is 6.92 Å². The smallest absolute Gasteiger partial charge is 0.0558 e. The van der Waals surface area contributed by atoms with E-state index < -0.39 is 0 Å². The minimum absolute atomic E-state index is 0.276. The van der Waals surface area contributed by atoms with E-state index in [0.717, 1.165) is 19.5 Å². The molecule has 0 saturated carbocycles. The summed E-state index contributed by atoms with van der Waals surface area (Å²) in [5, 5.41) is 8.67. The van der Waals surface area contributed by atoms with Gasteiger partial charge in [-0.3, -0.25) is 4.90 Å². The van der Waals surface area contributed by atoms with Gasteiger partial charge in [-0.05, 0) is 26.8 Å². The van der Waals surface area contributed by atoms with Crippen LogP contribution in [0.4, 0.5) is 0 Å². The van der Waals surface area contributed by atoms with E-state index in [1.165, 1.54) is 0 Å². The second kappa shape index (κ2) is 5.69. The first kappa shape index (κ1) is 9.92. The SMILES string of the molecule is CCCN(CCO)C(C)C. The fourth-order valence-electron chi connectivity index (χ4n) is 1.04. The highest BCUT2D eigenvalue weighted by Gasteiger charge is 2.05. The Bertz CT molecular complexity index is 67.7. The van der Waals surface area contributed by atoms with E-state index in [4.69, 9.17) is 5.11 Å². The average Bonchev–Trinajstić information content (AvgIpc) is 1.87. The lowest BCUT2D eigenvalue weighted by molar-refractivity contribution is 0.166. The quantitative estimate of drug-likeness (QED) is 0.626. The Balaban J connectivity index is 3.50. The molecule has 0 unspecified atom stereocenters. The third kappa shape index (κ3) is 3.85. The molecule has 0 heterocycles. The zero-order valence-electron chi connectivity index (χ0n) is 7.30. The highest BCUT2D eigenvalue weighted by molar-refractivity contribution is 4.60. The highest BCUT2D eigenvalue weighted by atomic mass is 16.3. The van der Waals surface area contributed by atoms with Crippen LogP contribution in [0.3, 0.4) is 0 Å². The fourth-order valence-corrected chi connectivity index (χ4v) is 1.04. The van der Waals surface area contributed by atoms with Crippen molar-refractivity contribution < 1.29 is 5.11 Å². The van der Waals surface area contributed by atoms with E-state index in [1.807, 2.05) is 0 Å². The monoisotopic (exact) mass is 145 g/mol. The molecule has 2 nitrogen and oxygen atoms in total. The molecular formula is C8H19NO. The molecule has 0 spiro atoms. The summed E-state index contributed by atoms with van der Waals surface area (Å²) in [6.45, 7) is 8.66. The molecule has 0 aliphatic rings. The molecule has 10 heavy (non-hydrogen) atoms. The number of rotatable bonds is 5. The molecule has 0 bridgehead atoms. The minimum Gasteiger partial charge on any atom is -0.395 e. The van der Waals surface area contributed by atoms with Crippen LogP contribution in [0.5, 0.6) is 0 Å². The van der Waals surface area contributed by atoms with Crippen molar-refractivity contribution in [1.82, 2.24) is 4.90 Å². The van der Waals surface area contributed by atoms with Crippen molar-refractivity contribution >= 4 is 0 Å². The van der Waals surface area contributed by atoms with Gasteiger partial charge >= 0.3 is 0 Å². The Morgan fingerprint density at radius 2 is 1.90 bits per heavy atom. The Morgan fingerprint density at radius 3 is 2.20 bits per heavy atom. The van der Waals surface area contributed by atoms with Gasteiger partial charge in [0.25, 0.3) is 0 Å². The molecular weight excluding hydrogens is 126 g/mol. The maximum Gasteiger partial charge on any atom is 0.0558 e. The number of hydrogen-bond donors (Lipinski definition) is 1. The van der Waals surface area contributed by atoms with Gasteiger partial charge in [0.2, 0.25) is 0 Å². The normalized spacial score (nSPS) is 11.4. The summed E-state index contributed by atoms with van der Waals surface area (Å²) in [6, 6.07) is 0.562. The van der Waals surface area contributed by atoms with Crippen molar-refractivity contribution in [3.63, 3.8) is 0 Å². The van der Waals surface area contributed by atoms with Gasteiger partial charge in [0.05, 0.1) is 6.61 Å². The van der Waals surface area contributed by atoms with Crippen LogP contribution in [0.1, 0.15) is 27.2 Å². The van der Waals surface area contributed by atoms with Gasteiger partial charge in [-0.25, -0.2) is 0 Å². The molecule has 0 aliphatic carbocycles. The van der Waals surface area contributed by atoms with Crippen LogP contribution < -0.4 is 0 Å². The summed E-state index contributed by atoms with van der Waals surface area (Å²) in [5.41, 5.74) is 0. The summed E-state index contributed by atoms with van der Waals surface area (Å²) in [5.74, 6) is 0. The molecule has 0 aromatic rings. The van der Waals surface area contributed by atoms with Crippen LogP contribution >= 0.6 is 0 Å². The van der Waals surface area contributed by atoms with Crippen molar-refractivity contribution in [1.29, 1.82) is 0 Å². The summed E-state index contributed by atoms with van der Waals surface area (Å²) in [6.07, 6.45) is 1.16. The van der Waals surface area contributed by atoms with Crippen LogP contribution in [-0.4, -0.2) is 35.7 Å². The zero-order valence-corrected chi connectivity index (χ0v) is 7.30. The molecule has 1 N–H and O–H groups in total. The Hall–Kier alpha value is -0.0800. The van der Waals surface area contributed by atoms with Crippen LogP contribution in [-0.2, 0) is 0 Å². The van der Waals surface area contributed by atoms with Crippen molar-refractivity contribution in [3.05, 3.63) is 0 Å². The highest BCUT2D eigenvalue weighted by Crippen LogP contribution is 1.97. The Morgan fingerprint density at radius 1 is 1.30 bits per heavy atom. The van der Waals surface area contributed by atoms with Crippen LogP contribution in [0.15, 0.2) is 0 Å². The van der Waals surface area contributed by atoms with E-state index in [-0.39, 0.29) is 6.61 Å². The molecule has 0 amide bonds. The standard InChI is InChI=1S/C8H19NO/c1-4-5-9(6-7-10)8(2)3/h8,10H,4-7H2,1-3H3. The van der Waals surface area contributed by atoms with Crippen molar-refractivity contribution in [2.45, 2.75) is 33.2 Å². The molecule has 2 heteroatoms. The van der Waals surface area contributed by atoms with Gasteiger partial charge in [0.15, 0.2) is 0 Å². The number of aliphatic hydroxyl groups excluding tert-OH is 1. The molecule has 0 rings (SSSR count). The molecule has 0 aliphatic heterocycles. The van der Waals surface area contributed by atoms with E-state index in [0.29, 0.717) is 6.04 Å². The topological polar surface area (TPSA) is 23.5 Å². The summed E-state index contributed by atoms with van der Waals surface area (Å²) < 4.78 is 0. The second-order valence-electron chi connectivity index (χ2n) is 2.85. The molecule has 0 saturated heterocycles. The molecule has 0 fully saturated rings. The lowest BCUT2D eigenvalue weighted by atomic mass is 10.3. The van der Waals surface area contributed by atoms with Crippen molar-refractivity contribution in [2.75, 3.05) is 19.7 Å². The maximum absolute atomic E-state index is 8.67. The van der Waals surface area contributed by atoms with Crippen molar-refractivity contribution in [3.8, 4) is 0 Å². The number of nitrogens with zero attached hydrogens (tertiary/aromatic N) is 1. The molecule has 0 radical (unpaired) electrons. The summed E-state index contributed by atoms with van der Waals surface area (Å²) >= 11 is 0. The molecule has 0 aromatic heterocycles. The van der Waals surface area contributed by atoms with Crippen molar-refractivity contribution in [2.24, 2.45) is 0 Å².